The van der Waals surface area contributed by atoms with E-state index in [2.05, 4.69) is 10.0 Å². The molecule has 1 aromatic carbocycles. The summed E-state index contributed by atoms with van der Waals surface area (Å²) in [6, 6.07) is 5.76. The third-order valence-electron chi connectivity index (χ3n) is 2.57. The monoisotopic (exact) mass is 304 g/mol. The van der Waals surface area contributed by atoms with Crippen LogP contribution in [-0.2, 0) is 14.8 Å². The molecule has 0 aliphatic rings. The third kappa shape index (κ3) is 5.18. The molecule has 0 unspecified atom stereocenters. The highest BCUT2D eigenvalue weighted by Crippen LogP contribution is 2.13. The van der Waals surface area contributed by atoms with Crippen molar-refractivity contribution >= 4 is 27.5 Å². The predicted molar refractivity (Wildman–Crippen MR) is 74.5 cm³/mol. The van der Waals surface area contributed by atoms with E-state index in [0.29, 0.717) is 5.02 Å². The van der Waals surface area contributed by atoms with E-state index in [1.165, 1.54) is 24.3 Å². The Morgan fingerprint density at radius 3 is 2.42 bits per heavy atom. The summed E-state index contributed by atoms with van der Waals surface area (Å²) in [5, 5.41) is 3.13. The van der Waals surface area contributed by atoms with Gasteiger partial charge in [0, 0.05) is 11.1 Å². The number of hydrogen-bond donors (Lipinski definition) is 2. The molecule has 0 aliphatic carbocycles. The van der Waals surface area contributed by atoms with Gasteiger partial charge in [0.05, 0.1) is 11.4 Å². The zero-order valence-electron chi connectivity index (χ0n) is 10.8. The number of rotatable bonds is 6. The molecule has 0 saturated carbocycles. The lowest BCUT2D eigenvalue weighted by molar-refractivity contribution is -0.120. The summed E-state index contributed by atoms with van der Waals surface area (Å²) in [6.45, 7) is 3.50. The molecule has 0 aliphatic heterocycles. The van der Waals surface area contributed by atoms with E-state index in [0.717, 1.165) is 6.42 Å². The van der Waals surface area contributed by atoms with Crippen molar-refractivity contribution < 1.29 is 13.2 Å². The van der Waals surface area contributed by atoms with Gasteiger partial charge in [0.2, 0.25) is 15.9 Å². The predicted octanol–water partition coefficient (Wildman–Crippen LogP) is 1.53. The number of benzene rings is 1. The molecule has 0 bridgehead atoms. The van der Waals surface area contributed by atoms with E-state index in [9.17, 15) is 13.2 Å². The first kappa shape index (κ1) is 15.9. The molecule has 0 aromatic heterocycles. The van der Waals surface area contributed by atoms with Crippen molar-refractivity contribution in [2.45, 2.75) is 31.2 Å². The molecule has 0 spiro atoms. The Kier molecular flexibility index (Phi) is 5.78. The summed E-state index contributed by atoms with van der Waals surface area (Å²) in [4.78, 5) is 11.6. The maximum absolute atomic E-state index is 11.9. The van der Waals surface area contributed by atoms with E-state index in [-0.39, 0.29) is 23.4 Å². The number of carbonyl (C=O) groups is 1. The van der Waals surface area contributed by atoms with Crippen molar-refractivity contribution in [1.82, 2.24) is 10.0 Å². The maximum Gasteiger partial charge on any atom is 0.241 e. The van der Waals surface area contributed by atoms with Crippen LogP contribution in [0.1, 0.15) is 20.3 Å². The van der Waals surface area contributed by atoms with Gasteiger partial charge in [-0.15, -0.1) is 0 Å². The van der Waals surface area contributed by atoms with Crippen molar-refractivity contribution in [2.24, 2.45) is 0 Å². The van der Waals surface area contributed by atoms with E-state index in [1.54, 1.807) is 0 Å². The normalized spacial score (nSPS) is 13.0. The van der Waals surface area contributed by atoms with Crippen molar-refractivity contribution in [3.63, 3.8) is 0 Å². The molecule has 7 heteroatoms. The third-order valence-corrected chi connectivity index (χ3v) is 4.24. The van der Waals surface area contributed by atoms with Gasteiger partial charge in [-0.25, -0.2) is 13.1 Å². The highest BCUT2D eigenvalue weighted by molar-refractivity contribution is 7.89. The topological polar surface area (TPSA) is 75.3 Å². The second kappa shape index (κ2) is 6.88. The van der Waals surface area contributed by atoms with Gasteiger partial charge in [-0.3, -0.25) is 4.79 Å². The van der Waals surface area contributed by atoms with Crippen LogP contribution in [0.15, 0.2) is 29.2 Å². The molecule has 106 valence electrons. The second-order valence-electron chi connectivity index (χ2n) is 4.16. The van der Waals surface area contributed by atoms with Gasteiger partial charge in [0.25, 0.3) is 0 Å². The Morgan fingerprint density at radius 1 is 1.32 bits per heavy atom. The molecule has 5 nitrogen and oxygen atoms in total. The number of hydrogen-bond acceptors (Lipinski definition) is 3. The van der Waals surface area contributed by atoms with Crippen molar-refractivity contribution in [3.05, 3.63) is 29.3 Å². The van der Waals surface area contributed by atoms with Gasteiger partial charge in [0.15, 0.2) is 0 Å². The van der Waals surface area contributed by atoms with Crippen molar-refractivity contribution in [3.8, 4) is 0 Å². The van der Waals surface area contributed by atoms with E-state index in [1.807, 2.05) is 13.8 Å². The van der Waals surface area contributed by atoms with E-state index >= 15 is 0 Å². The molecular weight excluding hydrogens is 288 g/mol. The van der Waals surface area contributed by atoms with Gasteiger partial charge >= 0.3 is 0 Å². The quantitative estimate of drug-likeness (QED) is 0.837. The Bertz CT molecular complexity index is 528. The SMILES string of the molecule is CC[C@H](C)NC(=O)CNS(=O)(=O)c1ccc(Cl)cc1. The molecule has 1 atom stereocenters. The van der Waals surface area contributed by atoms with Crippen LogP contribution in [0.25, 0.3) is 0 Å². The fraction of sp³-hybridized carbons (Fsp3) is 0.417. The summed E-state index contributed by atoms with van der Waals surface area (Å²) in [7, 11) is -3.68. The Labute approximate surface area is 118 Å². The fourth-order valence-corrected chi connectivity index (χ4v) is 2.39. The van der Waals surface area contributed by atoms with Crippen molar-refractivity contribution in [2.75, 3.05) is 6.54 Å². The first-order valence-electron chi connectivity index (χ1n) is 5.89. The summed E-state index contributed by atoms with van der Waals surface area (Å²) >= 11 is 5.68. The Morgan fingerprint density at radius 2 is 1.89 bits per heavy atom. The van der Waals surface area contributed by atoms with Crippen LogP contribution in [0.4, 0.5) is 0 Å². The van der Waals surface area contributed by atoms with Crippen LogP contribution in [0, 0.1) is 0 Å². The highest BCUT2D eigenvalue weighted by atomic mass is 35.5. The maximum atomic E-state index is 11.9. The largest absolute Gasteiger partial charge is 0.353 e. The lowest BCUT2D eigenvalue weighted by Crippen LogP contribution is -2.40. The van der Waals surface area contributed by atoms with Crippen LogP contribution in [-0.4, -0.2) is 26.9 Å². The summed E-state index contributed by atoms with van der Waals surface area (Å²) in [5.41, 5.74) is 0. The molecule has 2 N–H and O–H groups in total. The standard InChI is InChI=1S/C12H17ClN2O3S/c1-3-9(2)15-12(16)8-14-19(17,18)11-6-4-10(13)5-7-11/h4-7,9,14H,3,8H2,1-2H3,(H,15,16)/t9-/m0/s1. The number of halogens is 1. The molecular formula is C12H17ClN2O3S. The molecule has 0 heterocycles. The highest BCUT2D eigenvalue weighted by Gasteiger charge is 2.15. The van der Waals surface area contributed by atoms with Gasteiger partial charge < -0.3 is 5.32 Å². The number of nitrogens with one attached hydrogen (secondary N) is 2. The lowest BCUT2D eigenvalue weighted by atomic mass is 10.2. The molecule has 1 amide bonds. The van der Waals surface area contributed by atoms with Crippen LogP contribution in [0.5, 0.6) is 0 Å². The van der Waals surface area contributed by atoms with Gasteiger partial charge in [-0.05, 0) is 37.6 Å². The molecule has 1 rings (SSSR count). The van der Waals surface area contributed by atoms with E-state index in [4.69, 9.17) is 11.6 Å². The summed E-state index contributed by atoms with van der Waals surface area (Å²) < 4.78 is 26.0. The fourth-order valence-electron chi connectivity index (χ4n) is 1.29. The average Bonchev–Trinajstić information content (AvgIpc) is 2.37. The van der Waals surface area contributed by atoms with Crippen LogP contribution < -0.4 is 10.0 Å². The first-order valence-corrected chi connectivity index (χ1v) is 7.76. The van der Waals surface area contributed by atoms with Crippen LogP contribution in [0.2, 0.25) is 5.02 Å². The zero-order valence-corrected chi connectivity index (χ0v) is 12.4. The second-order valence-corrected chi connectivity index (χ2v) is 6.36. The van der Waals surface area contributed by atoms with Crippen molar-refractivity contribution in [1.29, 1.82) is 0 Å². The minimum atomic E-state index is -3.68. The van der Waals surface area contributed by atoms with Crippen LogP contribution >= 0.6 is 11.6 Å². The Hall–Kier alpha value is -1.11. The minimum Gasteiger partial charge on any atom is -0.353 e. The molecule has 0 fully saturated rings. The van der Waals surface area contributed by atoms with E-state index < -0.39 is 10.0 Å². The summed E-state index contributed by atoms with van der Waals surface area (Å²) in [5.74, 6) is -0.355. The summed E-state index contributed by atoms with van der Waals surface area (Å²) in [6.07, 6.45) is 0.787. The first-order chi connectivity index (χ1) is 8.85. The lowest BCUT2D eigenvalue weighted by Gasteiger charge is -2.12. The molecule has 0 radical (unpaired) electrons. The molecule has 19 heavy (non-hydrogen) atoms. The molecule has 1 aromatic rings. The Balaban J connectivity index is 2.61. The molecule has 0 saturated heterocycles. The zero-order chi connectivity index (χ0) is 14.5. The number of sulfonamides is 1. The minimum absolute atomic E-state index is 0.0209. The van der Waals surface area contributed by atoms with Gasteiger partial charge in [-0.1, -0.05) is 18.5 Å². The number of amides is 1. The van der Waals surface area contributed by atoms with Gasteiger partial charge in [0.1, 0.15) is 0 Å². The smallest absolute Gasteiger partial charge is 0.241 e. The van der Waals surface area contributed by atoms with Crippen LogP contribution in [0.3, 0.4) is 0 Å². The number of carbonyl (C=O) groups excluding carboxylic acids is 1. The average molecular weight is 305 g/mol. The van der Waals surface area contributed by atoms with Gasteiger partial charge in [-0.2, -0.15) is 0 Å².